The lowest BCUT2D eigenvalue weighted by atomic mass is 10.2. The van der Waals surface area contributed by atoms with Crippen LogP contribution in [0.4, 0.5) is 5.82 Å². The van der Waals surface area contributed by atoms with E-state index in [1.807, 2.05) is 13.8 Å². The van der Waals surface area contributed by atoms with Crippen molar-refractivity contribution in [2.24, 2.45) is 0 Å². The van der Waals surface area contributed by atoms with Crippen molar-refractivity contribution in [1.82, 2.24) is 9.78 Å². The van der Waals surface area contributed by atoms with Crippen molar-refractivity contribution in [2.75, 3.05) is 5.32 Å². The number of carbonyl (C=O) groups is 1. The van der Waals surface area contributed by atoms with E-state index < -0.39 is 0 Å². The van der Waals surface area contributed by atoms with Gasteiger partial charge in [-0.25, -0.2) is 4.68 Å². The van der Waals surface area contributed by atoms with Crippen molar-refractivity contribution in [3.63, 3.8) is 0 Å². The van der Waals surface area contributed by atoms with E-state index in [1.54, 1.807) is 16.9 Å². The predicted octanol–water partition coefficient (Wildman–Crippen LogP) is 3.08. The lowest BCUT2D eigenvalue weighted by molar-refractivity contribution is 0.102. The molecule has 1 amide bonds. The molecule has 0 saturated carbocycles. The highest BCUT2D eigenvalue weighted by atomic mass is 35.5. The molecule has 1 heterocycles. The van der Waals surface area contributed by atoms with Crippen LogP contribution in [-0.4, -0.2) is 20.8 Å². The van der Waals surface area contributed by atoms with Crippen LogP contribution in [0.3, 0.4) is 0 Å². The molecule has 2 N–H and O–H groups in total. The van der Waals surface area contributed by atoms with Crippen LogP contribution in [0.2, 0.25) is 5.02 Å². The Kier molecular flexibility index (Phi) is 3.76. The molecular weight excluding hydrogens is 266 g/mol. The number of benzene rings is 1. The van der Waals surface area contributed by atoms with Gasteiger partial charge in [-0.15, -0.1) is 0 Å². The van der Waals surface area contributed by atoms with Crippen LogP contribution in [0.25, 0.3) is 0 Å². The number of phenols is 1. The topological polar surface area (TPSA) is 67.2 Å². The quantitative estimate of drug-likeness (QED) is 0.907. The molecule has 0 unspecified atom stereocenters. The number of amides is 1. The highest BCUT2D eigenvalue weighted by Crippen LogP contribution is 2.22. The number of hydrogen-bond donors (Lipinski definition) is 2. The van der Waals surface area contributed by atoms with Crippen LogP contribution >= 0.6 is 11.6 Å². The molecule has 0 fully saturated rings. The number of aromatic nitrogens is 2. The van der Waals surface area contributed by atoms with Crippen LogP contribution in [0.15, 0.2) is 30.5 Å². The number of carbonyl (C=O) groups excluding carboxylic acids is 1. The number of rotatable bonds is 3. The third-order valence-electron chi connectivity index (χ3n) is 2.60. The van der Waals surface area contributed by atoms with Crippen LogP contribution < -0.4 is 5.32 Å². The Hall–Kier alpha value is -2.01. The monoisotopic (exact) mass is 279 g/mol. The molecule has 2 rings (SSSR count). The fourth-order valence-corrected chi connectivity index (χ4v) is 1.90. The second-order valence-corrected chi connectivity index (χ2v) is 4.78. The fraction of sp³-hybridized carbons (Fsp3) is 0.231. The number of halogens is 1. The molecule has 1 aromatic carbocycles. The van der Waals surface area contributed by atoms with Crippen LogP contribution in [0.1, 0.15) is 30.2 Å². The molecule has 100 valence electrons. The summed E-state index contributed by atoms with van der Waals surface area (Å²) in [4.78, 5) is 12.1. The first kappa shape index (κ1) is 13.4. The van der Waals surface area contributed by atoms with E-state index in [9.17, 15) is 9.90 Å². The molecule has 6 heteroatoms. The van der Waals surface area contributed by atoms with Gasteiger partial charge in [-0.3, -0.25) is 4.79 Å². The van der Waals surface area contributed by atoms with Crippen molar-refractivity contribution in [2.45, 2.75) is 19.9 Å². The number of anilines is 1. The van der Waals surface area contributed by atoms with Gasteiger partial charge in [0.25, 0.3) is 5.91 Å². The average molecular weight is 280 g/mol. The van der Waals surface area contributed by atoms with E-state index in [0.717, 1.165) is 0 Å². The van der Waals surface area contributed by atoms with E-state index in [1.165, 1.54) is 18.2 Å². The van der Waals surface area contributed by atoms with E-state index in [2.05, 4.69) is 10.4 Å². The van der Waals surface area contributed by atoms with Gasteiger partial charge in [0.1, 0.15) is 11.6 Å². The van der Waals surface area contributed by atoms with Gasteiger partial charge < -0.3 is 10.4 Å². The highest BCUT2D eigenvalue weighted by molar-refractivity contribution is 6.34. The lowest BCUT2D eigenvalue weighted by Crippen LogP contribution is -2.17. The first-order chi connectivity index (χ1) is 8.99. The van der Waals surface area contributed by atoms with Crippen molar-refractivity contribution in [1.29, 1.82) is 0 Å². The number of nitrogens with one attached hydrogen (secondary N) is 1. The van der Waals surface area contributed by atoms with Crippen LogP contribution in [0, 0.1) is 0 Å². The van der Waals surface area contributed by atoms with Crippen molar-refractivity contribution in [3.8, 4) is 5.75 Å². The number of nitrogens with zero attached hydrogens (tertiary/aromatic N) is 2. The Bertz CT molecular complexity index is 608. The number of phenolic OH excluding ortho intramolecular Hbond substituents is 1. The summed E-state index contributed by atoms with van der Waals surface area (Å²) in [6, 6.07) is 6.07. The largest absolute Gasteiger partial charge is 0.508 e. The molecule has 0 radical (unpaired) electrons. The minimum atomic E-state index is -0.386. The summed E-state index contributed by atoms with van der Waals surface area (Å²) in [7, 11) is 0. The Morgan fingerprint density at radius 3 is 2.84 bits per heavy atom. The number of hydrogen-bond acceptors (Lipinski definition) is 3. The Morgan fingerprint density at radius 2 is 2.16 bits per heavy atom. The average Bonchev–Trinajstić information content (AvgIpc) is 2.80. The van der Waals surface area contributed by atoms with Crippen molar-refractivity contribution < 1.29 is 9.90 Å². The third-order valence-corrected chi connectivity index (χ3v) is 2.93. The maximum Gasteiger partial charge on any atom is 0.258 e. The smallest absolute Gasteiger partial charge is 0.258 e. The van der Waals surface area contributed by atoms with E-state index >= 15 is 0 Å². The highest BCUT2D eigenvalue weighted by Gasteiger charge is 2.14. The standard InChI is InChI=1S/C13H14ClN3O2/c1-8(2)17-12(5-6-15-17)16-13(19)10-7-9(18)3-4-11(10)14/h3-8,18H,1-2H3,(H,16,19). The number of aromatic hydroxyl groups is 1. The van der Waals surface area contributed by atoms with Crippen LogP contribution in [0.5, 0.6) is 5.75 Å². The maximum absolute atomic E-state index is 12.1. The summed E-state index contributed by atoms with van der Waals surface area (Å²) in [5.74, 6) is 0.189. The maximum atomic E-state index is 12.1. The minimum Gasteiger partial charge on any atom is -0.508 e. The van der Waals surface area contributed by atoms with Gasteiger partial charge in [0, 0.05) is 12.1 Å². The van der Waals surface area contributed by atoms with E-state index in [0.29, 0.717) is 5.82 Å². The summed E-state index contributed by atoms with van der Waals surface area (Å²) in [6.45, 7) is 3.92. The summed E-state index contributed by atoms with van der Waals surface area (Å²) in [5, 5.41) is 16.5. The van der Waals surface area contributed by atoms with Crippen molar-refractivity contribution >= 4 is 23.3 Å². The Morgan fingerprint density at radius 1 is 1.42 bits per heavy atom. The zero-order chi connectivity index (χ0) is 14.0. The second-order valence-electron chi connectivity index (χ2n) is 4.37. The first-order valence-corrected chi connectivity index (χ1v) is 6.20. The van der Waals surface area contributed by atoms with Gasteiger partial charge in [0.15, 0.2) is 0 Å². The second kappa shape index (κ2) is 5.32. The molecule has 0 spiro atoms. The molecule has 0 aliphatic carbocycles. The summed E-state index contributed by atoms with van der Waals surface area (Å²) < 4.78 is 1.69. The fourth-order valence-electron chi connectivity index (χ4n) is 1.70. The molecule has 19 heavy (non-hydrogen) atoms. The Balaban J connectivity index is 2.26. The van der Waals surface area contributed by atoms with Gasteiger partial charge in [-0.2, -0.15) is 5.10 Å². The van der Waals surface area contributed by atoms with E-state index in [4.69, 9.17) is 11.6 Å². The molecule has 5 nitrogen and oxygen atoms in total. The van der Waals surface area contributed by atoms with Gasteiger partial charge in [0.2, 0.25) is 0 Å². The van der Waals surface area contributed by atoms with Gasteiger partial charge in [-0.1, -0.05) is 11.6 Å². The van der Waals surface area contributed by atoms with Gasteiger partial charge in [0.05, 0.1) is 16.8 Å². The molecule has 0 aliphatic rings. The molecular formula is C13H14ClN3O2. The summed E-state index contributed by atoms with van der Waals surface area (Å²) in [6.07, 6.45) is 1.61. The molecule has 0 bridgehead atoms. The molecule has 2 aromatic rings. The first-order valence-electron chi connectivity index (χ1n) is 5.82. The molecule has 0 atom stereocenters. The SMILES string of the molecule is CC(C)n1nccc1NC(=O)c1cc(O)ccc1Cl. The summed E-state index contributed by atoms with van der Waals surface area (Å²) in [5.41, 5.74) is 0.221. The van der Waals surface area contributed by atoms with Gasteiger partial charge in [-0.05, 0) is 32.0 Å². The molecule has 0 aliphatic heterocycles. The van der Waals surface area contributed by atoms with E-state index in [-0.39, 0.29) is 28.3 Å². The van der Waals surface area contributed by atoms with Gasteiger partial charge >= 0.3 is 0 Å². The normalized spacial score (nSPS) is 10.7. The zero-order valence-electron chi connectivity index (χ0n) is 10.6. The zero-order valence-corrected chi connectivity index (χ0v) is 11.3. The minimum absolute atomic E-state index is 0.00748. The van der Waals surface area contributed by atoms with Crippen LogP contribution in [-0.2, 0) is 0 Å². The predicted molar refractivity (Wildman–Crippen MR) is 73.7 cm³/mol. The lowest BCUT2D eigenvalue weighted by Gasteiger charge is -2.12. The molecule has 0 saturated heterocycles. The Labute approximate surface area is 115 Å². The summed E-state index contributed by atoms with van der Waals surface area (Å²) >= 11 is 5.94. The van der Waals surface area contributed by atoms with Crippen molar-refractivity contribution in [3.05, 3.63) is 41.0 Å². The molecule has 1 aromatic heterocycles. The third kappa shape index (κ3) is 2.88.